The number of hydrogen-bond acceptors (Lipinski definition) is 2. The van der Waals surface area contributed by atoms with Crippen molar-refractivity contribution in [1.82, 2.24) is 0 Å². The molecule has 1 aliphatic rings. The second-order valence-electron chi connectivity index (χ2n) is 6.80. The van der Waals surface area contributed by atoms with Crippen molar-refractivity contribution in [3.05, 3.63) is 42.0 Å². The molecule has 1 fully saturated rings. The average molecular weight is 319 g/mol. The molecule has 2 rings (SSSR count). The average Bonchev–Trinajstić information content (AvgIpc) is 2.48. The minimum Gasteiger partial charge on any atom is -0.142 e. The Morgan fingerprint density at radius 2 is 2.00 bits per heavy atom. The molecule has 1 aromatic rings. The molecule has 0 aromatic heterocycles. The van der Waals surface area contributed by atoms with E-state index in [1.165, 1.54) is 12.8 Å². The second-order valence-corrected chi connectivity index (χ2v) is 8.04. The van der Waals surface area contributed by atoms with Crippen molar-refractivity contribution in [2.75, 3.05) is 6.16 Å². The molecule has 0 bridgehead atoms. The summed E-state index contributed by atoms with van der Waals surface area (Å²) in [6, 6.07) is 10.1. The van der Waals surface area contributed by atoms with Crippen LogP contribution in [-0.2, 0) is 9.09 Å². The molecule has 0 radical (unpaired) electrons. The Morgan fingerprint density at radius 3 is 2.68 bits per heavy atom. The highest BCUT2D eigenvalue weighted by Crippen LogP contribution is 2.40. The monoisotopic (exact) mass is 319 g/mol. The summed E-state index contributed by atoms with van der Waals surface area (Å²) in [4.78, 5) is 0. The quantitative estimate of drug-likeness (QED) is 0.608. The smallest absolute Gasteiger partial charge is 0.142 e. The Labute approximate surface area is 135 Å². The van der Waals surface area contributed by atoms with Crippen LogP contribution in [0.2, 0.25) is 0 Å². The lowest BCUT2D eigenvalue weighted by molar-refractivity contribution is 0.0527. The first kappa shape index (κ1) is 17.4. The zero-order valence-electron chi connectivity index (χ0n) is 13.9. The first-order valence-electron chi connectivity index (χ1n) is 8.39. The summed E-state index contributed by atoms with van der Waals surface area (Å²) in [5.74, 6) is 1.83. The molecule has 1 saturated carbocycles. The van der Waals surface area contributed by atoms with Crippen molar-refractivity contribution in [2.24, 2.45) is 17.8 Å². The molecule has 0 N–H and O–H groups in total. The second kappa shape index (κ2) is 8.60. The lowest BCUT2D eigenvalue weighted by Gasteiger charge is -2.33. The Bertz CT molecular complexity index is 495. The van der Waals surface area contributed by atoms with E-state index in [-0.39, 0.29) is 6.10 Å². The van der Waals surface area contributed by atoms with Crippen molar-refractivity contribution in [2.45, 2.75) is 46.1 Å². The lowest BCUT2D eigenvalue weighted by atomic mass is 9.75. The molecule has 4 atom stereocenters. The molecule has 3 heteroatoms. The Morgan fingerprint density at radius 1 is 1.27 bits per heavy atom. The Balaban J connectivity index is 1.86. The first-order valence-corrected chi connectivity index (χ1v) is 9.75. The van der Waals surface area contributed by atoms with Gasteiger partial charge in [0.05, 0.1) is 0 Å². The minimum absolute atomic E-state index is 0.164. The molecule has 0 saturated heterocycles. The fraction of sp³-hybridized carbons (Fsp3) is 0.579. The van der Waals surface area contributed by atoms with Crippen LogP contribution in [0, 0.1) is 17.8 Å². The van der Waals surface area contributed by atoms with Crippen LogP contribution < -0.4 is 0 Å². The van der Waals surface area contributed by atoms with Gasteiger partial charge in [0.25, 0.3) is 0 Å². The van der Waals surface area contributed by atoms with Crippen molar-refractivity contribution < 1.29 is 9.09 Å². The standard InChI is InChI=1S/C19H28O2P/c1-15(2)18-12-11-16(3)14-19(18)21-22(20)13-7-10-17-8-5-4-6-9-17/h4-10,15-16,18-19H,11-14H2,1-3H3/q+1/b10-7+/t16-,18+,19-/m1/s1. The van der Waals surface area contributed by atoms with E-state index in [1.807, 2.05) is 42.5 Å². The van der Waals surface area contributed by atoms with Gasteiger partial charge in [0.1, 0.15) is 6.10 Å². The summed E-state index contributed by atoms with van der Waals surface area (Å²) in [6.07, 6.45) is 8.16. The Hall–Kier alpha value is -0.980. The third-order valence-corrected chi connectivity index (χ3v) is 5.59. The maximum Gasteiger partial charge on any atom is 0.512 e. The van der Waals surface area contributed by atoms with E-state index in [1.54, 1.807) is 0 Å². The van der Waals surface area contributed by atoms with Gasteiger partial charge < -0.3 is 0 Å². The van der Waals surface area contributed by atoms with Gasteiger partial charge in [0.2, 0.25) is 0 Å². The summed E-state index contributed by atoms with van der Waals surface area (Å²) in [6.45, 7) is 6.77. The van der Waals surface area contributed by atoms with Crippen molar-refractivity contribution in [1.29, 1.82) is 0 Å². The van der Waals surface area contributed by atoms with E-state index in [0.717, 1.165) is 12.0 Å². The third-order valence-electron chi connectivity index (χ3n) is 4.58. The summed E-state index contributed by atoms with van der Waals surface area (Å²) < 4.78 is 18.2. The highest BCUT2D eigenvalue weighted by Gasteiger charge is 2.36. The van der Waals surface area contributed by atoms with Crippen LogP contribution in [0.3, 0.4) is 0 Å². The SMILES string of the molecule is CC(C)[C@@H]1CC[C@@H](C)C[C@H]1O[P+](=O)C/C=C/c1ccccc1. The molecular weight excluding hydrogens is 291 g/mol. The fourth-order valence-corrected chi connectivity index (χ4v) is 4.18. The molecule has 0 aliphatic heterocycles. The zero-order valence-corrected chi connectivity index (χ0v) is 14.8. The predicted molar refractivity (Wildman–Crippen MR) is 94.2 cm³/mol. The summed E-state index contributed by atoms with van der Waals surface area (Å²) in [7, 11) is -1.61. The maximum atomic E-state index is 12.3. The Kier molecular flexibility index (Phi) is 6.79. The van der Waals surface area contributed by atoms with Gasteiger partial charge in [0.15, 0.2) is 6.16 Å². The minimum atomic E-state index is -1.61. The molecule has 0 heterocycles. The number of rotatable bonds is 6. The molecule has 0 amide bonds. The fourth-order valence-electron chi connectivity index (χ4n) is 3.27. The lowest BCUT2D eigenvalue weighted by Crippen LogP contribution is -2.32. The van der Waals surface area contributed by atoms with Crippen LogP contribution in [0.1, 0.15) is 45.6 Å². The molecule has 0 spiro atoms. The highest BCUT2D eigenvalue weighted by molar-refractivity contribution is 7.39. The van der Waals surface area contributed by atoms with E-state index in [9.17, 15) is 4.57 Å². The van der Waals surface area contributed by atoms with Crippen LogP contribution in [0.25, 0.3) is 6.08 Å². The predicted octanol–water partition coefficient (Wildman–Crippen LogP) is 5.92. The van der Waals surface area contributed by atoms with Gasteiger partial charge >= 0.3 is 8.03 Å². The van der Waals surface area contributed by atoms with Gasteiger partial charge in [0, 0.05) is 0 Å². The molecule has 1 aliphatic carbocycles. The van der Waals surface area contributed by atoms with E-state index in [4.69, 9.17) is 4.52 Å². The van der Waals surface area contributed by atoms with Crippen molar-refractivity contribution in [3.63, 3.8) is 0 Å². The van der Waals surface area contributed by atoms with Gasteiger partial charge in [-0.15, -0.1) is 4.52 Å². The van der Waals surface area contributed by atoms with Crippen LogP contribution in [-0.4, -0.2) is 12.3 Å². The molecule has 120 valence electrons. The molecule has 1 unspecified atom stereocenters. The van der Waals surface area contributed by atoms with E-state index in [2.05, 4.69) is 20.8 Å². The van der Waals surface area contributed by atoms with Gasteiger partial charge in [-0.1, -0.05) is 63.6 Å². The normalized spacial score (nSPS) is 26.5. The topological polar surface area (TPSA) is 26.3 Å². The van der Waals surface area contributed by atoms with Gasteiger partial charge in [-0.05, 0) is 46.8 Å². The first-order chi connectivity index (χ1) is 10.6. The largest absolute Gasteiger partial charge is 0.512 e. The summed E-state index contributed by atoms with van der Waals surface area (Å²) >= 11 is 0. The van der Waals surface area contributed by atoms with E-state index in [0.29, 0.717) is 23.9 Å². The number of hydrogen-bond donors (Lipinski definition) is 0. The van der Waals surface area contributed by atoms with Gasteiger partial charge in [-0.3, -0.25) is 0 Å². The molecule has 1 aromatic carbocycles. The summed E-state index contributed by atoms with van der Waals surface area (Å²) in [5.41, 5.74) is 1.14. The van der Waals surface area contributed by atoms with Crippen LogP contribution in [0.15, 0.2) is 36.4 Å². The zero-order chi connectivity index (χ0) is 15.9. The van der Waals surface area contributed by atoms with E-state index >= 15 is 0 Å². The van der Waals surface area contributed by atoms with Crippen LogP contribution in [0.5, 0.6) is 0 Å². The third kappa shape index (κ3) is 5.34. The summed E-state index contributed by atoms with van der Waals surface area (Å²) in [5, 5.41) is 0. The van der Waals surface area contributed by atoms with Crippen LogP contribution in [0.4, 0.5) is 0 Å². The van der Waals surface area contributed by atoms with E-state index < -0.39 is 8.03 Å². The highest BCUT2D eigenvalue weighted by atomic mass is 31.1. The van der Waals surface area contributed by atoms with Gasteiger partial charge in [-0.2, -0.15) is 0 Å². The molecule has 22 heavy (non-hydrogen) atoms. The van der Waals surface area contributed by atoms with Crippen molar-refractivity contribution >= 4 is 14.1 Å². The number of allylic oxidation sites excluding steroid dienone is 1. The molecule has 2 nitrogen and oxygen atoms in total. The van der Waals surface area contributed by atoms with Crippen LogP contribution >= 0.6 is 8.03 Å². The molecular formula is C19H28O2P+. The van der Waals surface area contributed by atoms with Crippen molar-refractivity contribution in [3.8, 4) is 0 Å². The van der Waals surface area contributed by atoms with Gasteiger partial charge in [-0.25, -0.2) is 0 Å². The maximum absolute atomic E-state index is 12.3. The number of benzene rings is 1.